The fourth-order valence-electron chi connectivity index (χ4n) is 7.17. The fraction of sp³-hybridized carbons (Fsp3) is 0.519. The SMILES string of the molecule is CC(C1CCCN1C)n1ncc2cnc(-c3noc4c3CCCC43CCCc4sc(N)c(C#N)c43)nc21. The molecule has 5 heterocycles. The Hall–Kier alpha value is -3.29. The minimum absolute atomic E-state index is 0.205. The molecule has 2 aliphatic carbocycles. The number of nitrogens with two attached hydrogens (primary N) is 1. The van der Waals surface area contributed by atoms with Crippen LogP contribution in [0.4, 0.5) is 5.00 Å². The van der Waals surface area contributed by atoms with Crippen LogP contribution in [0, 0.1) is 11.3 Å². The van der Waals surface area contributed by atoms with E-state index in [1.807, 2.05) is 17.1 Å². The Labute approximate surface area is 219 Å². The van der Waals surface area contributed by atoms with Crippen LogP contribution >= 0.6 is 11.3 Å². The van der Waals surface area contributed by atoms with E-state index in [1.165, 1.54) is 11.3 Å². The molecular formula is C27H30N8OS. The second kappa shape index (κ2) is 8.36. The Balaban J connectivity index is 1.33. The van der Waals surface area contributed by atoms with Crippen LogP contribution in [0.2, 0.25) is 0 Å². The second-order valence-electron chi connectivity index (χ2n) is 10.9. The molecular weight excluding hydrogens is 484 g/mol. The van der Waals surface area contributed by atoms with Crippen LogP contribution < -0.4 is 5.73 Å². The molecule has 1 fully saturated rings. The summed E-state index contributed by atoms with van der Waals surface area (Å²) in [5.74, 6) is 1.45. The third-order valence-electron chi connectivity index (χ3n) is 8.92. The van der Waals surface area contributed by atoms with E-state index in [9.17, 15) is 5.26 Å². The first-order valence-electron chi connectivity index (χ1n) is 13.2. The summed E-state index contributed by atoms with van der Waals surface area (Å²) < 4.78 is 8.21. The molecule has 190 valence electrons. The third kappa shape index (κ3) is 3.23. The van der Waals surface area contributed by atoms with E-state index in [1.54, 1.807) is 11.3 Å². The summed E-state index contributed by atoms with van der Waals surface area (Å²) in [5.41, 5.74) is 10.3. The van der Waals surface area contributed by atoms with Crippen molar-refractivity contribution in [3.63, 3.8) is 0 Å². The predicted molar refractivity (Wildman–Crippen MR) is 141 cm³/mol. The molecule has 37 heavy (non-hydrogen) atoms. The number of likely N-dealkylation sites (N-methyl/N-ethyl adjacent to an activating group) is 1. The lowest BCUT2D eigenvalue weighted by Gasteiger charge is -2.39. The monoisotopic (exact) mass is 514 g/mol. The molecule has 3 aliphatic rings. The van der Waals surface area contributed by atoms with Gasteiger partial charge in [0.2, 0.25) is 0 Å². The molecule has 3 unspecified atom stereocenters. The van der Waals surface area contributed by atoms with Crippen LogP contribution in [-0.2, 0) is 18.3 Å². The lowest BCUT2D eigenvalue weighted by Crippen LogP contribution is -2.35. The van der Waals surface area contributed by atoms with E-state index >= 15 is 0 Å². The minimum Gasteiger partial charge on any atom is -0.389 e. The third-order valence-corrected chi connectivity index (χ3v) is 10.0. The molecule has 1 aliphatic heterocycles. The Morgan fingerprint density at radius 3 is 2.86 bits per heavy atom. The first-order chi connectivity index (χ1) is 18.0. The average molecular weight is 515 g/mol. The smallest absolute Gasteiger partial charge is 0.184 e. The van der Waals surface area contributed by atoms with Crippen molar-refractivity contribution in [3.05, 3.63) is 39.7 Å². The van der Waals surface area contributed by atoms with Crippen molar-refractivity contribution in [1.82, 2.24) is 29.8 Å². The van der Waals surface area contributed by atoms with Crippen LogP contribution in [0.25, 0.3) is 22.6 Å². The highest BCUT2D eigenvalue weighted by atomic mass is 32.1. The van der Waals surface area contributed by atoms with Gasteiger partial charge < -0.3 is 15.2 Å². The number of nitrogens with zero attached hydrogens (tertiary/aromatic N) is 7. The molecule has 10 heteroatoms. The normalized spacial score (nSPS) is 24.3. The van der Waals surface area contributed by atoms with Crippen LogP contribution in [0.3, 0.4) is 0 Å². The van der Waals surface area contributed by atoms with Crippen molar-refractivity contribution < 1.29 is 4.52 Å². The number of aromatic nitrogens is 5. The predicted octanol–water partition coefficient (Wildman–Crippen LogP) is 4.61. The Morgan fingerprint density at radius 2 is 2.08 bits per heavy atom. The van der Waals surface area contributed by atoms with Crippen LogP contribution in [0.5, 0.6) is 0 Å². The van der Waals surface area contributed by atoms with Gasteiger partial charge in [-0.2, -0.15) is 10.4 Å². The van der Waals surface area contributed by atoms with Crippen molar-refractivity contribution in [2.75, 3.05) is 19.3 Å². The number of nitriles is 1. The molecule has 0 saturated carbocycles. The maximum absolute atomic E-state index is 9.95. The number of aryl methyl sites for hydroxylation is 1. The quantitative estimate of drug-likeness (QED) is 0.420. The van der Waals surface area contributed by atoms with Crippen molar-refractivity contribution in [2.45, 2.75) is 75.8 Å². The van der Waals surface area contributed by atoms with Crippen molar-refractivity contribution in [3.8, 4) is 17.6 Å². The molecule has 1 spiro atoms. The standard InChI is InChI=1S/C27H30N8OS/c1-15(19-7-5-11-34(19)2)35-26-16(14-31-35)13-30-25(32-26)22-17-6-3-9-27(23(17)36-33-22)10-4-8-20-21(27)18(12-28)24(29)37-20/h13-15,19H,3-11,29H2,1-2H3. The lowest BCUT2D eigenvalue weighted by molar-refractivity contribution is 0.232. The van der Waals surface area contributed by atoms with Gasteiger partial charge in [-0.1, -0.05) is 5.16 Å². The lowest BCUT2D eigenvalue weighted by atomic mass is 9.63. The molecule has 4 aromatic heterocycles. The summed E-state index contributed by atoms with van der Waals surface area (Å²) in [5, 5.41) is 20.8. The molecule has 9 nitrogen and oxygen atoms in total. The van der Waals surface area contributed by atoms with Crippen LogP contribution in [0.1, 0.15) is 78.8 Å². The summed E-state index contributed by atoms with van der Waals surface area (Å²) in [4.78, 5) is 13.3. The van der Waals surface area contributed by atoms with Gasteiger partial charge in [0.25, 0.3) is 0 Å². The van der Waals surface area contributed by atoms with E-state index in [0.29, 0.717) is 28.1 Å². The zero-order valence-electron chi connectivity index (χ0n) is 21.2. The van der Waals surface area contributed by atoms with E-state index in [-0.39, 0.29) is 11.5 Å². The number of anilines is 1. The molecule has 4 aromatic rings. The topological polar surface area (TPSA) is 123 Å². The maximum Gasteiger partial charge on any atom is 0.184 e. The first-order valence-corrected chi connectivity index (χ1v) is 14.0. The van der Waals surface area contributed by atoms with E-state index in [4.69, 9.17) is 25.3 Å². The van der Waals surface area contributed by atoms with E-state index in [2.05, 4.69) is 30.1 Å². The second-order valence-corrected chi connectivity index (χ2v) is 12.0. The van der Waals surface area contributed by atoms with Crippen LogP contribution in [-0.4, -0.2) is 49.4 Å². The number of hydrogen-bond donors (Lipinski definition) is 1. The van der Waals surface area contributed by atoms with Gasteiger partial charge in [-0.25, -0.2) is 14.6 Å². The summed E-state index contributed by atoms with van der Waals surface area (Å²) >= 11 is 1.56. The highest BCUT2D eigenvalue weighted by molar-refractivity contribution is 7.16. The molecule has 3 atom stereocenters. The Morgan fingerprint density at radius 1 is 1.24 bits per heavy atom. The number of likely N-dealkylation sites (tertiary alicyclic amines) is 1. The largest absolute Gasteiger partial charge is 0.389 e. The molecule has 0 amide bonds. The molecule has 0 bridgehead atoms. The summed E-state index contributed by atoms with van der Waals surface area (Å²) in [6, 6.07) is 3.03. The maximum atomic E-state index is 9.95. The van der Waals surface area contributed by atoms with Gasteiger partial charge in [-0.3, -0.25) is 0 Å². The summed E-state index contributed by atoms with van der Waals surface area (Å²) in [6.07, 6.45) is 11.8. The first kappa shape index (κ1) is 22.9. The van der Waals surface area contributed by atoms with Crippen molar-refractivity contribution in [2.24, 2.45) is 0 Å². The highest BCUT2D eigenvalue weighted by Gasteiger charge is 2.48. The van der Waals surface area contributed by atoms with Crippen LogP contribution in [0.15, 0.2) is 16.9 Å². The molecule has 2 N–H and O–H groups in total. The number of rotatable bonds is 3. The van der Waals surface area contributed by atoms with Crippen molar-refractivity contribution >= 4 is 27.4 Å². The number of fused-ring (bicyclic) bond motifs is 5. The van der Waals surface area contributed by atoms with Crippen molar-refractivity contribution in [1.29, 1.82) is 5.26 Å². The highest BCUT2D eigenvalue weighted by Crippen LogP contribution is 2.55. The number of nitrogen functional groups attached to an aromatic ring is 1. The van der Waals surface area contributed by atoms with Gasteiger partial charge in [0.15, 0.2) is 22.9 Å². The van der Waals surface area contributed by atoms with Gasteiger partial charge in [0, 0.05) is 22.7 Å². The van der Waals surface area contributed by atoms with Gasteiger partial charge in [0.1, 0.15) is 11.1 Å². The number of hydrogen-bond acceptors (Lipinski definition) is 9. The minimum atomic E-state index is -0.348. The Kier molecular flexibility index (Phi) is 5.17. The number of thiophene rings is 1. The molecule has 0 aromatic carbocycles. The average Bonchev–Trinajstić information content (AvgIpc) is 3.68. The molecule has 7 rings (SSSR count). The van der Waals surface area contributed by atoms with E-state index < -0.39 is 0 Å². The Bertz CT molecular complexity index is 1560. The zero-order chi connectivity index (χ0) is 25.3. The van der Waals surface area contributed by atoms with E-state index in [0.717, 1.165) is 79.4 Å². The zero-order valence-corrected chi connectivity index (χ0v) is 22.0. The van der Waals surface area contributed by atoms with Gasteiger partial charge in [0.05, 0.1) is 28.6 Å². The summed E-state index contributed by atoms with van der Waals surface area (Å²) in [6.45, 7) is 3.34. The summed E-state index contributed by atoms with van der Waals surface area (Å²) in [7, 11) is 2.19. The molecule has 1 saturated heterocycles. The van der Waals surface area contributed by atoms with Gasteiger partial charge >= 0.3 is 0 Å². The fourth-order valence-corrected chi connectivity index (χ4v) is 8.33. The molecule has 0 radical (unpaired) electrons. The van der Waals surface area contributed by atoms with Gasteiger partial charge in [-0.05, 0) is 77.4 Å². The van der Waals surface area contributed by atoms with Gasteiger partial charge in [-0.15, -0.1) is 11.3 Å².